The van der Waals surface area contributed by atoms with E-state index in [4.69, 9.17) is 16.3 Å². The molecule has 2 atom stereocenters. The van der Waals surface area contributed by atoms with E-state index in [1.165, 1.54) is 0 Å². The molecule has 0 spiro atoms. The number of carbonyl (C=O) groups is 1. The summed E-state index contributed by atoms with van der Waals surface area (Å²) in [5, 5.41) is 4.03. The standard InChI is InChI=1S/C16H21ClN2O2/c17-14-5-3-12(4-6-14)15-11-19(8-9-21-15)16(20)13-2-1-7-18-10-13/h3-6,13,15,18H,1-2,7-11H2/t13-,15?/m0/s1. The summed E-state index contributed by atoms with van der Waals surface area (Å²) < 4.78 is 5.82. The quantitative estimate of drug-likeness (QED) is 0.911. The van der Waals surface area contributed by atoms with Gasteiger partial charge in [0.05, 0.1) is 19.1 Å². The molecule has 2 heterocycles. The number of nitrogens with zero attached hydrogens (tertiary/aromatic N) is 1. The summed E-state index contributed by atoms with van der Waals surface area (Å²) in [7, 11) is 0. The highest BCUT2D eigenvalue weighted by molar-refractivity contribution is 6.30. The van der Waals surface area contributed by atoms with Crippen molar-refractivity contribution in [2.75, 3.05) is 32.8 Å². The Morgan fingerprint density at radius 3 is 2.86 bits per heavy atom. The van der Waals surface area contributed by atoms with E-state index in [0.717, 1.165) is 36.5 Å². The van der Waals surface area contributed by atoms with Gasteiger partial charge in [-0.25, -0.2) is 0 Å². The van der Waals surface area contributed by atoms with E-state index in [2.05, 4.69) is 5.32 Å². The van der Waals surface area contributed by atoms with Crippen LogP contribution in [0.15, 0.2) is 24.3 Å². The molecular weight excluding hydrogens is 288 g/mol. The molecule has 3 rings (SSSR count). The molecular formula is C16H21ClN2O2. The van der Waals surface area contributed by atoms with Crippen molar-refractivity contribution in [2.45, 2.75) is 18.9 Å². The van der Waals surface area contributed by atoms with Crippen molar-refractivity contribution in [3.05, 3.63) is 34.9 Å². The average molecular weight is 309 g/mol. The van der Waals surface area contributed by atoms with Crippen molar-refractivity contribution < 1.29 is 9.53 Å². The molecule has 1 unspecified atom stereocenters. The minimum Gasteiger partial charge on any atom is -0.370 e. The van der Waals surface area contributed by atoms with Crippen LogP contribution in [0, 0.1) is 5.92 Å². The molecule has 1 aromatic carbocycles. The van der Waals surface area contributed by atoms with Crippen molar-refractivity contribution in [1.82, 2.24) is 10.2 Å². The van der Waals surface area contributed by atoms with Crippen molar-refractivity contribution in [2.24, 2.45) is 5.92 Å². The third-order valence-electron chi connectivity index (χ3n) is 4.27. The molecule has 2 fully saturated rings. The number of hydrogen-bond donors (Lipinski definition) is 1. The van der Waals surface area contributed by atoms with Crippen LogP contribution >= 0.6 is 11.6 Å². The molecule has 1 N–H and O–H groups in total. The number of amides is 1. The number of halogens is 1. The second-order valence-corrected chi connectivity index (χ2v) is 6.17. The highest BCUT2D eigenvalue weighted by Crippen LogP contribution is 2.25. The van der Waals surface area contributed by atoms with Gasteiger partial charge in [0.25, 0.3) is 0 Å². The van der Waals surface area contributed by atoms with Gasteiger partial charge in [-0.05, 0) is 37.1 Å². The van der Waals surface area contributed by atoms with Crippen molar-refractivity contribution in [1.29, 1.82) is 0 Å². The van der Waals surface area contributed by atoms with Gasteiger partial charge in [0, 0.05) is 18.1 Å². The number of piperidine rings is 1. The molecule has 114 valence electrons. The summed E-state index contributed by atoms with van der Waals surface area (Å²) in [5.41, 5.74) is 1.08. The molecule has 0 radical (unpaired) electrons. The number of hydrogen-bond acceptors (Lipinski definition) is 3. The van der Waals surface area contributed by atoms with Crippen molar-refractivity contribution >= 4 is 17.5 Å². The fourth-order valence-corrected chi connectivity index (χ4v) is 3.18. The largest absolute Gasteiger partial charge is 0.370 e. The van der Waals surface area contributed by atoms with Crippen LogP contribution in [0.1, 0.15) is 24.5 Å². The summed E-state index contributed by atoms with van der Waals surface area (Å²) in [6.07, 6.45) is 2.03. The molecule has 2 aliphatic heterocycles. The predicted octanol–water partition coefficient (Wildman–Crippen LogP) is 2.24. The highest BCUT2D eigenvalue weighted by Gasteiger charge is 2.30. The first-order valence-corrected chi connectivity index (χ1v) is 7.98. The maximum absolute atomic E-state index is 12.6. The lowest BCUT2D eigenvalue weighted by Crippen LogP contribution is -2.48. The van der Waals surface area contributed by atoms with E-state index < -0.39 is 0 Å². The molecule has 0 aromatic heterocycles. The second-order valence-electron chi connectivity index (χ2n) is 5.74. The van der Waals surface area contributed by atoms with Crippen LogP contribution < -0.4 is 5.32 Å². The van der Waals surface area contributed by atoms with Crippen molar-refractivity contribution in [3.63, 3.8) is 0 Å². The molecule has 1 aromatic rings. The molecule has 0 bridgehead atoms. The third kappa shape index (κ3) is 3.57. The monoisotopic (exact) mass is 308 g/mol. The molecule has 1 amide bonds. The Morgan fingerprint density at radius 1 is 1.33 bits per heavy atom. The zero-order chi connectivity index (χ0) is 14.7. The summed E-state index contributed by atoms with van der Waals surface area (Å²) in [6.45, 7) is 3.76. The van der Waals surface area contributed by atoms with E-state index >= 15 is 0 Å². The van der Waals surface area contributed by atoms with Gasteiger partial charge in [-0.3, -0.25) is 4.79 Å². The van der Waals surface area contributed by atoms with Crippen LogP contribution in [0.5, 0.6) is 0 Å². The van der Waals surface area contributed by atoms with Gasteiger partial charge in [0.15, 0.2) is 0 Å². The predicted molar refractivity (Wildman–Crippen MR) is 82.3 cm³/mol. The molecule has 5 heteroatoms. The summed E-state index contributed by atoms with van der Waals surface area (Å²) in [6, 6.07) is 7.68. The lowest BCUT2D eigenvalue weighted by molar-refractivity contribution is -0.143. The first-order valence-electron chi connectivity index (χ1n) is 7.60. The van der Waals surface area contributed by atoms with E-state index in [-0.39, 0.29) is 17.9 Å². The van der Waals surface area contributed by atoms with Crippen LogP contribution in [0.2, 0.25) is 5.02 Å². The van der Waals surface area contributed by atoms with Gasteiger partial charge in [0.2, 0.25) is 5.91 Å². The number of carbonyl (C=O) groups excluding carboxylic acids is 1. The van der Waals surface area contributed by atoms with Gasteiger partial charge < -0.3 is 15.0 Å². The van der Waals surface area contributed by atoms with E-state index in [9.17, 15) is 4.79 Å². The minimum absolute atomic E-state index is 0.0449. The second kappa shape index (κ2) is 6.77. The van der Waals surface area contributed by atoms with Gasteiger partial charge in [-0.15, -0.1) is 0 Å². The number of benzene rings is 1. The smallest absolute Gasteiger partial charge is 0.227 e. The van der Waals surface area contributed by atoms with Crippen LogP contribution in [0.25, 0.3) is 0 Å². The summed E-state index contributed by atoms with van der Waals surface area (Å²) in [5.74, 6) is 0.396. The lowest BCUT2D eigenvalue weighted by atomic mass is 9.97. The maximum Gasteiger partial charge on any atom is 0.227 e. The van der Waals surface area contributed by atoms with Gasteiger partial charge in [-0.1, -0.05) is 23.7 Å². The Kier molecular flexibility index (Phi) is 4.78. The van der Waals surface area contributed by atoms with E-state index in [0.29, 0.717) is 19.7 Å². The fraction of sp³-hybridized carbons (Fsp3) is 0.562. The molecule has 2 aliphatic rings. The number of morpholine rings is 1. The molecule has 2 saturated heterocycles. The first kappa shape index (κ1) is 14.8. The molecule has 21 heavy (non-hydrogen) atoms. The number of ether oxygens (including phenoxy) is 1. The maximum atomic E-state index is 12.6. The Balaban J connectivity index is 1.64. The minimum atomic E-state index is -0.0449. The Labute approximate surface area is 130 Å². The zero-order valence-corrected chi connectivity index (χ0v) is 12.8. The zero-order valence-electron chi connectivity index (χ0n) is 12.1. The Morgan fingerprint density at radius 2 is 2.14 bits per heavy atom. The Bertz CT molecular complexity index is 486. The van der Waals surface area contributed by atoms with Gasteiger partial charge in [0.1, 0.15) is 6.10 Å². The topological polar surface area (TPSA) is 41.6 Å². The first-order chi connectivity index (χ1) is 10.2. The molecule has 4 nitrogen and oxygen atoms in total. The SMILES string of the molecule is O=C([C@H]1CCCNC1)N1CCOC(c2ccc(Cl)cc2)C1. The Hall–Kier alpha value is -1.10. The summed E-state index contributed by atoms with van der Waals surface area (Å²) >= 11 is 5.92. The average Bonchev–Trinajstić information content (AvgIpc) is 2.56. The van der Waals surface area contributed by atoms with Crippen molar-refractivity contribution in [3.8, 4) is 0 Å². The number of rotatable bonds is 2. The van der Waals surface area contributed by atoms with Gasteiger partial charge in [-0.2, -0.15) is 0 Å². The van der Waals surface area contributed by atoms with Crippen LogP contribution in [0.3, 0.4) is 0 Å². The van der Waals surface area contributed by atoms with Gasteiger partial charge >= 0.3 is 0 Å². The highest BCUT2D eigenvalue weighted by atomic mass is 35.5. The van der Waals surface area contributed by atoms with E-state index in [1.807, 2.05) is 29.2 Å². The van der Waals surface area contributed by atoms with Crippen LogP contribution in [0.4, 0.5) is 0 Å². The molecule has 0 saturated carbocycles. The third-order valence-corrected chi connectivity index (χ3v) is 4.52. The molecule has 0 aliphatic carbocycles. The normalized spacial score (nSPS) is 26.6. The van der Waals surface area contributed by atoms with Crippen LogP contribution in [-0.4, -0.2) is 43.6 Å². The van der Waals surface area contributed by atoms with E-state index in [1.54, 1.807) is 0 Å². The van der Waals surface area contributed by atoms with Crippen LogP contribution in [-0.2, 0) is 9.53 Å². The summed E-state index contributed by atoms with van der Waals surface area (Å²) in [4.78, 5) is 14.6. The lowest BCUT2D eigenvalue weighted by Gasteiger charge is -2.36. The number of nitrogens with one attached hydrogen (secondary N) is 1. The fourth-order valence-electron chi connectivity index (χ4n) is 3.05.